The highest BCUT2D eigenvalue weighted by molar-refractivity contribution is 5.57. The van der Waals surface area contributed by atoms with Gasteiger partial charge in [-0.25, -0.2) is 9.97 Å². The van der Waals surface area contributed by atoms with Gasteiger partial charge in [0.25, 0.3) is 0 Å². The van der Waals surface area contributed by atoms with E-state index in [-0.39, 0.29) is 0 Å². The van der Waals surface area contributed by atoms with Crippen LogP contribution in [0.2, 0.25) is 0 Å². The van der Waals surface area contributed by atoms with Gasteiger partial charge in [-0.3, -0.25) is 4.98 Å². The average molecular weight is 360 g/mol. The van der Waals surface area contributed by atoms with Crippen LogP contribution in [0.25, 0.3) is 11.4 Å². The minimum atomic E-state index is 0.567. The Morgan fingerprint density at radius 1 is 1.04 bits per heavy atom. The molecule has 3 aromatic rings. The lowest BCUT2D eigenvalue weighted by Gasteiger charge is -2.33. The van der Waals surface area contributed by atoms with Crippen molar-refractivity contribution >= 4 is 5.82 Å². The summed E-state index contributed by atoms with van der Waals surface area (Å²) in [6.45, 7) is 4.00. The number of methoxy groups -OCH3 is 1. The fraction of sp³-hybridized carbons (Fsp3) is 0.318. The number of nitrogens with zero attached hydrogens (tertiary/aromatic N) is 4. The minimum absolute atomic E-state index is 0.567. The second-order valence-electron chi connectivity index (χ2n) is 6.97. The highest BCUT2D eigenvalue weighted by Crippen LogP contribution is 2.32. The number of ether oxygens (including phenoxy) is 1. The molecular formula is C22H24N4O. The van der Waals surface area contributed by atoms with Gasteiger partial charge in [-0.2, -0.15) is 0 Å². The van der Waals surface area contributed by atoms with Crippen LogP contribution >= 0.6 is 0 Å². The molecule has 1 aromatic carbocycles. The molecule has 0 N–H and O–H groups in total. The van der Waals surface area contributed by atoms with E-state index < -0.39 is 0 Å². The van der Waals surface area contributed by atoms with Gasteiger partial charge in [-0.15, -0.1) is 0 Å². The van der Waals surface area contributed by atoms with Crippen molar-refractivity contribution in [3.8, 4) is 17.1 Å². The molecule has 138 valence electrons. The van der Waals surface area contributed by atoms with E-state index >= 15 is 0 Å². The molecule has 1 saturated heterocycles. The van der Waals surface area contributed by atoms with Gasteiger partial charge < -0.3 is 9.64 Å². The second kappa shape index (κ2) is 7.74. The summed E-state index contributed by atoms with van der Waals surface area (Å²) in [6.07, 6.45) is 5.80. The fourth-order valence-corrected chi connectivity index (χ4v) is 3.68. The maximum Gasteiger partial charge on any atom is 0.163 e. The van der Waals surface area contributed by atoms with Gasteiger partial charge in [0.15, 0.2) is 5.82 Å². The molecule has 0 atom stereocenters. The van der Waals surface area contributed by atoms with Gasteiger partial charge in [0.1, 0.15) is 11.6 Å². The van der Waals surface area contributed by atoms with Crippen molar-refractivity contribution in [3.63, 3.8) is 0 Å². The third-order valence-corrected chi connectivity index (χ3v) is 5.14. The molecule has 5 nitrogen and oxygen atoms in total. The number of pyridine rings is 1. The van der Waals surface area contributed by atoms with Gasteiger partial charge in [0, 0.05) is 42.8 Å². The zero-order valence-electron chi connectivity index (χ0n) is 15.8. The first-order valence-corrected chi connectivity index (χ1v) is 9.38. The third kappa shape index (κ3) is 3.92. The van der Waals surface area contributed by atoms with E-state index in [4.69, 9.17) is 9.72 Å². The number of benzene rings is 1. The first-order valence-electron chi connectivity index (χ1n) is 9.38. The minimum Gasteiger partial charge on any atom is -0.497 e. The van der Waals surface area contributed by atoms with Gasteiger partial charge >= 0.3 is 0 Å². The lowest BCUT2D eigenvalue weighted by Crippen LogP contribution is -2.33. The second-order valence-corrected chi connectivity index (χ2v) is 6.97. The number of hydrogen-bond donors (Lipinski definition) is 0. The van der Waals surface area contributed by atoms with Crippen molar-refractivity contribution in [1.29, 1.82) is 0 Å². The summed E-state index contributed by atoms with van der Waals surface area (Å²) in [5.74, 6) is 3.25. The highest BCUT2D eigenvalue weighted by atomic mass is 16.5. The van der Waals surface area contributed by atoms with E-state index in [0.29, 0.717) is 5.92 Å². The lowest BCUT2D eigenvalue weighted by atomic mass is 9.89. The van der Waals surface area contributed by atoms with Gasteiger partial charge in [-0.05, 0) is 55.5 Å². The number of anilines is 1. The molecule has 5 heteroatoms. The van der Waals surface area contributed by atoms with E-state index in [9.17, 15) is 0 Å². The molecule has 0 aliphatic carbocycles. The Morgan fingerprint density at radius 2 is 1.89 bits per heavy atom. The molecule has 0 unspecified atom stereocenters. The van der Waals surface area contributed by atoms with Crippen molar-refractivity contribution in [2.45, 2.75) is 25.7 Å². The average Bonchev–Trinajstić information content (AvgIpc) is 2.74. The lowest BCUT2D eigenvalue weighted by molar-refractivity contribution is 0.412. The van der Waals surface area contributed by atoms with Crippen LogP contribution in [0.1, 0.15) is 30.0 Å². The number of aromatic nitrogens is 3. The van der Waals surface area contributed by atoms with Crippen LogP contribution in [-0.2, 0) is 0 Å². The molecule has 2 aromatic heterocycles. The molecular weight excluding hydrogens is 336 g/mol. The van der Waals surface area contributed by atoms with E-state index in [1.165, 1.54) is 5.56 Å². The normalized spacial score (nSPS) is 15.0. The molecule has 1 aliphatic rings. The topological polar surface area (TPSA) is 51.1 Å². The Balaban J connectivity index is 1.50. The predicted molar refractivity (Wildman–Crippen MR) is 107 cm³/mol. The van der Waals surface area contributed by atoms with Crippen LogP contribution in [0.3, 0.4) is 0 Å². The summed E-state index contributed by atoms with van der Waals surface area (Å²) in [4.78, 5) is 15.9. The summed E-state index contributed by atoms with van der Waals surface area (Å²) in [7, 11) is 1.72. The van der Waals surface area contributed by atoms with Crippen LogP contribution in [0.15, 0.2) is 54.9 Å². The van der Waals surface area contributed by atoms with Crippen LogP contribution < -0.4 is 9.64 Å². The van der Waals surface area contributed by atoms with Crippen LogP contribution in [0.4, 0.5) is 5.82 Å². The molecule has 1 aliphatic heterocycles. The van der Waals surface area contributed by atoms with Gasteiger partial charge in [-0.1, -0.05) is 12.1 Å². The Kier molecular flexibility index (Phi) is 5.01. The smallest absolute Gasteiger partial charge is 0.163 e. The van der Waals surface area contributed by atoms with Crippen molar-refractivity contribution < 1.29 is 4.74 Å². The predicted octanol–water partition coefficient (Wildman–Crippen LogP) is 4.24. The molecule has 4 rings (SSSR count). The third-order valence-electron chi connectivity index (χ3n) is 5.14. The Morgan fingerprint density at radius 3 is 2.63 bits per heavy atom. The molecule has 1 fully saturated rings. The van der Waals surface area contributed by atoms with Crippen LogP contribution in [-0.4, -0.2) is 35.2 Å². The first kappa shape index (κ1) is 17.5. The highest BCUT2D eigenvalue weighted by Gasteiger charge is 2.22. The Bertz CT molecular complexity index is 905. The van der Waals surface area contributed by atoms with Crippen molar-refractivity contribution in [2.75, 3.05) is 25.1 Å². The number of piperidine rings is 1. The largest absolute Gasteiger partial charge is 0.497 e. The van der Waals surface area contributed by atoms with Gasteiger partial charge in [0.05, 0.1) is 7.11 Å². The zero-order valence-corrected chi connectivity index (χ0v) is 15.8. The van der Waals surface area contributed by atoms with Gasteiger partial charge in [0.2, 0.25) is 0 Å². The number of rotatable bonds is 4. The van der Waals surface area contributed by atoms with Crippen LogP contribution in [0, 0.1) is 6.92 Å². The Hall–Kier alpha value is -2.95. The Labute approximate surface area is 160 Å². The van der Waals surface area contributed by atoms with Crippen molar-refractivity contribution in [1.82, 2.24) is 15.0 Å². The van der Waals surface area contributed by atoms with E-state index in [1.807, 2.05) is 31.3 Å². The molecule has 0 spiro atoms. The molecule has 0 bridgehead atoms. The quantitative estimate of drug-likeness (QED) is 0.696. The van der Waals surface area contributed by atoms with Crippen LogP contribution in [0.5, 0.6) is 5.75 Å². The van der Waals surface area contributed by atoms with E-state index in [1.54, 1.807) is 13.3 Å². The standard InChI is InChI=1S/C22H24N4O/c1-16-13-21(25-22(24-16)19-6-4-10-23-15-19)26-11-8-17(9-12-26)18-5-3-7-20(14-18)27-2/h3-7,10,13-15,17H,8-9,11-12H2,1-2H3. The fourth-order valence-electron chi connectivity index (χ4n) is 3.68. The summed E-state index contributed by atoms with van der Waals surface area (Å²) < 4.78 is 5.37. The first-order chi connectivity index (χ1) is 13.2. The number of aryl methyl sites for hydroxylation is 1. The monoisotopic (exact) mass is 360 g/mol. The summed E-state index contributed by atoms with van der Waals surface area (Å²) in [6, 6.07) is 14.4. The molecule has 3 heterocycles. The number of hydrogen-bond acceptors (Lipinski definition) is 5. The zero-order chi connectivity index (χ0) is 18.6. The maximum atomic E-state index is 5.37. The summed E-state index contributed by atoms with van der Waals surface area (Å²) in [5, 5.41) is 0. The SMILES string of the molecule is COc1cccc(C2CCN(c3cc(C)nc(-c4cccnc4)n3)CC2)c1. The molecule has 27 heavy (non-hydrogen) atoms. The molecule has 0 radical (unpaired) electrons. The van der Waals surface area contributed by atoms with Crippen molar-refractivity contribution in [2.24, 2.45) is 0 Å². The van der Waals surface area contributed by atoms with Crippen molar-refractivity contribution in [3.05, 3.63) is 66.1 Å². The molecule has 0 amide bonds. The molecule has 0 saturated carbocycles. The van der Waals surface area contributed by atoms with E-state index in [2.05, 4.69) is 39.1 Å². The van der Waals surface area contributed by atoms with E-state index in [0.717, 1.165) is 54.6 Å². The maximum absolute atomic E-state index is 5.37. The summed E-state index contributed by atoms with van der Waals surface area (Å²) >= 11 is 0. The summed E-state index contributed by atoms with van der Waals surface area (Å²) in [5.41, 5.74) is 3.30.